The molecule has 1 aliphatic carbocycles. The highest BCUT2D eigenvalue weighted by atomic mass is 16.1. The van der Waals surface area contributed by atoms with E-state index in [0.29, 0.717) is 0 Å². The molecule has 0 saturated heterocycles. The lowest BCUT2D eigenvalue weighted by Crippen LogP contribution is -2.20. The summed E-state index contributed by atoms with van der Waals surface area (Å²) in [6.07, 6.45) is 7.01. The van der Waals surface area contributed by atoms with E-state index in [-0.39, 0.29) is 5.56 Å². The van der Waals surface area contributed by atoms with Gasteiger partial charge in [0.25, 0.3) is 5.56 Å². The van der Waals surface area contributed by atoms with Gasteiger partial charge in [-0.25, -0.2) is 4.68 Å². The molecule has 112 valence electrons. The first-order chi connectivity index (χ1) is 10.8. The number of hydrogen-bond acceptors (Lipinski definition) is 2. The molecule has 1 aromatic carbocycles. The highest BCUT2D eigenvalue weighted by molar-refractivity contribution is 5.80. The van der Waals surface area contributed by atoms with Crippen LogP contribution in [0.3, 0.4) is 0 Å². The van der Waals surface area contributed by atoms with Crippen LogP contribution in [0.1, 0.15) is 29.5 Å². The average Bonchev–Trinajstić information content (AvgIpc) is 2.97. The molecular weight excluding hydrogens is 274 g/mol. The number of fused-ring (bicyclic) bond motifs is 3. The largest absolute Gasteiger partial charge is 0.307 e. The molecule has 1 N–H and O–H groups in total. The van der Waals surface area contributed by atoms with Crippen LogP contribution in [0.15, 0.2) is 41.3 Å². The summed E-state index contributed by atoms with van der Waals surface area (Å²) in [5.74, 6) is 0. The van der Waals surface area contributed by atoms with Crippen molar-refractivity contribution < 1.29 is 0 Å². The minimum absolute atomic E-state index is 0.0728. The van der Waals surface area contributed by atoms with Crippen LogP contribution in [0.5, 0.6) is 0 Å². The van der Waals surface area contributed by atoms with E-state index in [1.54, 1.807) is 0 Å². The fraction of sp³-hybridized carbons (Fsp3) is 0.333. The molecule has 0 radical (unpaired) electrons. The first-order valence-electron chi connectivity index (χ1n) is 7.96. The number of benzene rings is 1. The second-order valence-corrected chi connectivity index (χ2v) is 5.98. The van der Waals surface area contributed by atoms with E-state index in [1.165, 1.54) is 17.5 Å². The van der Waals surface area contributed by atoms with Gasteiger partial charge in [-0.15, -0.1) is 0 Å². The van der Waals surface area contributed by atoms with Gasteiger partial charge in [0.1, 0.15) is 5.65 Å². The van der Waals surface area contributed by atoms with Crippen LogP contribution in [-0.2, 0) is 25.8 Å². The van der Waals surface area contributed by atoms with Crippen molar-refractivity contribution in [2.75, 3.05) is 0 Å². The van der Waals surface area contributed by atoms with Gasteiger partial charge in [-0.3, -0.25) is 4.79 Å². The molecule has 0 amide bonds. The quantitative estimate of drug-likeness (QED) is 0.807. The Balaban J connectivity index is 1.71. The molecule has 0 spiro atoms. The van der Waals surface area contributed by atoms with E-state index in [0.717, 1.165) is 48.8 Å². The lowest BCUT2D eigenvalue weighted by atomic mass is 9.91. The second-order valence-electron chi connectivity index (χ2n) is 5.98. The SMILES string of the molecule is O=c1[nH]c2c(cnn2CCc2ccccc2)c2c1CCCC2. The minimum atomic E-state index is 0.0728. The molecule has 0 saturated carbocycles. The average molecular weight is 293 g/mol. The summed E-state index contributed by atoms with van der Waals surface area (Å²) in [5.41, 5.74) is 4.43. The van der Waals surface area contributed by atoms with Gasteiger partial charge in [0.15, 0.2) is 0 Å². The number of aromatic amines is 1. The van der Waals surface area contributed by atoms with Crippen LogP contribution in [0.4, 0.5) is 0 Å². The summed E-state index contributed by atoms with van der Waals surface area (Å²) in [6.45, 7) is 0.780. The Labute approximate surface area is 128 Å². The van der Waals surface area contributed by atoms with Crippen LogP contribution >= 0.6 is 0 Å². The topological polar surface area (TPSA) is 50.7 Å². The van der Waals surface area contributed by atoms with E-state index < -0.39 is 0 Å². The van der Waals surface area contributed by atoms with Gasteiger partial charge in [-0.05, 0) is 43.2 Å². The lowest BCUT2D eigenvalue weighted by molar-refractivity contribution is 0.628. The van der Waals surface area contributed by atoms with Crippen LogP contribution in [0.2, 0.25) is 0 Å². The zero-order chi connectivity index (χ0) is 14.9. The van der Waals surface area contributed by atoms with E-state index in [1.807, 2.05) is 16.9 Å². The highest BCUT2D eigenvalue weighted by Gasteiger charge is 2.18. The van der Waals surface area contributed by atoms with E-state index >= 15 is 0 Å². The number of hydrogen-bond donors (Lipinski definition) is 1. The Morgan fingerprint density at radius 3 is 2.68 bits per heavy atom. The van der Waals surface area contributed by atoms with Crippen molar-refractivity contribution in [3.05, 3.63) is 63.6 Å². The van der Waals surface area contributed by atoms with Crippen molar-refractivity contribution >= 4 is 11.0 Å². The summed E-state index contributed by atoms with van der Waals surface area (Å²) in [6, 6.07) is 10.4. The van der Waals surface area contributed by atoms with Crippen LogP contribution in [0, 0.1) is 0 Å². The van der Waals surface area contributed by atoms with Gasteiger partial charge in [0.05, 0.1) is 6.20 Å². The first-order valence-corrected chi connectivity index (χ1v) is 7.96. The maximum atomic E-state index is 12.3. The summed E-state index contributed by atoms with van der Waals surface area (Å²) in [5, 5.41) is 5.63. The molecule has 0 unspecified atom stereocenters. The minimum Gasteiger partial charge on any atom is -0.307 e. The number of nitrogens with one attached hydrogen (secondary N) is 1. The third-order valence-electron chi connectivity index (χ3n) is 4.59. The Morgan fingerprint density at radius 2 is 1.86 bits per heavy atom. The molecule has 0 aliphatic heterocycles. The third kappa shape index (κ3) is 2.25. The molecule has 0 bridgehead atoms. The number of pyridine rings is 1. The molecule has 2 heterocycles. The molecule has 1 aliphatic rings. The first kappa shape index (κ1) is 13.3. The van der Waals surface area contributed by atoms with Crippen LogP contribution < -0.4 is 5.56 Å². The van der Waals surface area contributed by atoms with Crippen molar-refractivity contribution in [1.29, 1.82) is 0 Å². The van der Waals surface area contributed by atoms with Crippen LogP contribution in [-0.4, -0.2) is 14.8 Å². The third-order valence-corrected chi connectivity index (χ3v) is 4.59. The van der Waals surface area contributed by atoms with Gasteiger partial charge >= 0.3 is 0 Å². The number of aryl methyl sites for hydroxylation is 3. The summed E-state index contributed by atoms with van der Waals surface area (Å²) < 4.78 is 1.93. The fourth-order valence-corrected chi connectivity index (χ4v) is 3.42. The normalized spacial score (nSPS) is 14.2. The van der Waals surface area contributed by atoms with Crippen molar-refractivity contribution in [3.63, 3.8) is 0 Å². The van der Waals surface area contributed by atoms with Crippen molar-refractivity contribution in [2.24, 2.45) is 0 Å². The Bertz CT molecular complexity index is 861. The number of nitrogens with zero attached hydrogens (tertiary/aromatic N) is 2. The predicted molar refractivity (Wildman–Crippen MR) is 87.1 cm³/mol. The molecule has 4 rings (SSSR count). The summed E-state index contributed by atoms with van der Waals surface area (Å²) in [7, 11) is 0. The van der Waals surface area contributed by atoms with Crippen molar-refractivity contribution in [1.82, 2.24) is 14.8 Å². The maximum Gasteiger partial charge on any atom is 0.253 e. The van der Waals surface area contributed by atoms with E-state index in [9.17, 15) is 4.79 Å². The predicted octanol–water partition coefficient (Wildman–Crippen LogP) is 2.85. The van der Waals surface area contributed by atoms with Crippen molar-refractivity contribution in [3.8, 4) is 0 Å². The summed E-state index contributed by atoms with van der Waals surface area (Å²) >= 11 is 0. The molecule has 4 nitrogen and oxygen atoms in total. The number of aromatic nitrogens is 3. The standard InChI is InChI=1S/C18H19N3O/c22-18-15-9-5-4-8-14(15)16-12-19-21(17(16)20-18)11-10-13-6-2-1-3-7-13/h1-3,6-7,12H,4-5,8-11H2,(H,20,22). The molecule has 0 atom stereocenters. The lowest BCUT2D eigenvalue weighted by Gasteiger charge is -2.15. The number of rotatable bonds is 3. The van der Waals surface area contributed by atoms with E-state index in [2.05, 4.69) is 34.3 Å². The van der Waals surface area contributed by atoms with Gasteiger partial charge in [-0.2, -0.15) is 5.10 Å². The molecule has 2 aromatic heterocycles. The fourth-order valence-electron chi connectivity index (χ4n) is 3.42. The van der Waals surface area contributed by atoms with Crippen LogP contribution in [0.25, 0.3) is 11.0 Å². The molecule has 22 heavy (non-hydrogen) atoms. The Morgan fingerprint density at radius 1 is 1.09 bits per heavy atom. The molecular formula is C18H19N3O. The summed E-state index contributed by atoms with van der Waals surface area (Å²) in [4.78, 5) is 15.4. The molecule has 4 heteroatoms. The second kappa shape index (κ2) is 5.44. The Hall–Kier alpha value is -2.36. The highest BCUT2D eigenvalue weighted by Crippen LogP contribution is 2.25. The molecule has 0 fully saturated rings. The van der Waals surface area contributed by atoms with Gasteiger partial charge in [0, 0.05) is 17.5 Å². The smallest absolute Gasteiger partial charge is 0.253 e. The molecule has 3 aromatic rings. The van der Waals surface area contributed by atoms with Crippen molar-refractivity contribution in [2.45, 2.75) is 38.6 Å². The zero-order valence-electron chi connectivity index (χ0n) is 12.5. The maximum absolute atomic E-state index is 12.3. The number of H-pyrrole nitrogens is 1. The zero-order valence-corrected chi connectivity index (χ0v) is 12.5. The van der Waals surface area contributed by atoms with E-state index in [4.69, 9.17) is 0 Å². The van der Waals surface area contributed by atoms with Gasteiger partial charge in [0.2, 0.25) is 0 Å². The van der Waals surface area contributed by atoms with Gasteiger partial charge in [-0.1, -0.05) is 30.3 Å². The monoisotopic (exact) mass is 293 g/mol. The van der Waals surface area contributed by atoms with Gasteiger partial charge < -0.3 is 4.98 Å². The Kier molecular flexibility index (Phi) is 3.29.